The van der Waals surface area contributed by atoms with Crippen LogP contribution in [0.3, 0.4) is 0 Å². The second-order valence-corrected chi connectivity index (χ2v) is 37.8. The largest absolute Gasteiger partial charge is 1.00 e. The third kappa shape index (κ3) is 33.8. The molecule has 2 aliphatic rings. The van der Waals surface area contributed by atoms with Crippen LogP contribution in [0.4, 0.5) is 46.0 Å². The number of anilines is 4. The van der Waals surface area contributed by atoms with Crippen LogP contribution >= 0.6 is 37.4 Å². The van der Waals surface area contributed by atoms with Gasteiger partial charge in [-0.05, 0) is 266 Å². The van der Waals surface area contributed by atoms with Crippen LogP contribution in [0.2, 0.25) is 0 Å². The fourth-order valence-electron chi connectivity index (χ4n) is 13.7. The summed E-state index contributed by atoms with van der Waals surface area (Å²) < 4.78 is 99.0. The molecule has 23 nitrogen and oxygen atoms in total. The van der Waals surface area contributed by atoms with Gasteiger partial charge in [0.05, 0.1) is 142 Å². The van der Waals surface area contributed by atoms with Gasteiger partial charge in [-0.3, -0.25) is 14.4 Å². The number of nitrogen functional groups attached to an aromatic ring is 1. The van der Waals surface area contributed by atoms with E-state index in [1.165, 1.54) is 57.2 Å². The molecule has 6 atom stereocenters. The molecule has 0 bridgehead atoms. The third-order valence-electron chi connectivity index (χ3n) is 21.2. The van der Waals surface area contributed by atoms with Gasteiger partial charge in [0.2, 0.25) is 0 Å². The van der Waals surface area contributed by atoms with Crippen LogP contribution in [0.15, 0.2) is 285 Å². The molecule has 2 fully saturated rings. The number of nitriles is 2. The molecule has 3 radical (unpaired) electrons. The molecule has 14 aromatic rings. The van der Waals surface area contributed by atoms with Crippen molar-refractivity contribution in [3.05, 3.63) is 410 Å². The molecule has 3 amide bonds. The van der Waals surface area contributed by atoms with Crippen molar-refractivity contribution >= 4 is 120 Å². The number of thiol groups is 1. The summed E-state index contributed by atoms with van der Waals surface area (Å²) in [4.78, 5) is 52.7. The number of amides is 3. The van der Waals surface area contributed by atoms with E-state index in [1.54, 1.807) is 154 Å². The van der Waals surface area contributed by atoms with Gasteiger partial charge in [0.15, 0.2) is 5.69 Å². The quantitative estimate of drug-likeness (QED) is 0.00642. The first-order chi connectivity index (χ1) is 65.2. The summed E-state index contributed by atoms with van der Waals surface area (Å²) in [7, 11) is -2.68. The van der Waals surface area contributed by atoms with Crippen LogP contribution in [0.25, 0.3) is 21.9 Å². The maximum Gasteiger partial charge on any atom is 1.00 e. The van der Waals surface area contributed by atoms with E-state index in [1.807, 2.05) is 163 Å². The number of hydrogen-bond acceptors (Lipinski definition) is 15. The van der Waals surface area contributed by atoms with Crippen molar-refractivity contribution in [3.63, 3.8) is 0 Å². The van der Waals surface area contributed by atoms with Crippen molar-refractivity contribution in [2.75, 3.05) is 34.5 Å². The van der Waals surface area contributed by atoms with E-state index in [0.717, 1.165) is 59.1 Å². The first-order valence-electron chi connectivity index (χ1n) is 43.9. The number of carbonyl (C=O) groups is 4. The molecule has 11 aromatic carbocycles. The van der Waals surface area contributed by atoms with Gasteiger partial charge in [-0.2, -0.15) is 38.4 Å². The average Bonchev–Trinajstić information content (AvgIpc) is 1.62. The molecule has 0 aliphatic heterocycles. The minimum Gasteiger partial charge on any atom is -1.00 e. The van der Waals surface area contributed by atoms with E-state index in [4.69, 9.17) is 24.7 Å². The molecule has 723 valence electrons. The number of nitrogens with zero attached hydrogens (tertiary/aromatic N) is 9. The maximum atomic E-state index is 14.9. The fourth-order valence-corrected chi connectivity index (χ4v) is 15.4. The predicted octanol–water partition coefficient (Wildman–Crippen LogP) is 16.3. The number of halogens is 6. The number of aldehydes is 1. The summed E-state index contributed by atoms with van der Waals surface area (Å²) in [5.41, 5.74) is 24.4. The monoisotopic (exact) mass is 2000 g/mol. The van der Waals surface area contributed by atoms with Crippen LogP contribution in [-0.2, 0) is 26.8 Å². The molecule has 3 aromatic heterocycles. The molecule has 4 unspecified atom stereocenters. The Bertz CT molecular complexity index is 6740. The SMILES string of the molecule is C.CC(C)(C)S(=O)N[C@H](c1ccccc1)c1ccc(F)c(N)c1.Cc1cc(C(=O)Nc2cc(C(N)c3ccccc3)ccc2F)n(-c2cccc(C#N)c2)n1.Cc1cc(C(=O)Nc2cc(C(N[S@](=O)C(C)(C)C)c3ccccc3)ccc2F)n(-c2cccc(C#N)c2)n1.Cl.Cl.O=CC1CC1.[2H]CS.[B].[C-]#[N+]c1cccc(-n2nc(C)cc2C(=O)Nc2cc(C(NCC3CC3)c3ccccc3)ccc2F)c1.[H-].[H-].[Li+].[Na+]. The molecule has 35 heteroatoms. The van der Waals surface area contributed by atoms with Gasteiger partial charge < -0.3 is 40.4 Å². The number of nitrogens with one attached hydrogen (secondary N) is 6. The van der Waals surface area contributed by atoms with E-state index >= 15 is 0 Å². The Morgan fingerprint density at radius 1 is 0.504 bits per heavy atom. The summed E-state index contributed by atoms with van der Waals surface area (Å²) in [6.45, 7) is 24.7. The number of aromatic nitrogens is 6. The maximum absolute atomic E-state index is 14.9. The fraction of sp³-hybridized carbons (Fsp3) is 0.226. The number of carbonyl (C=O) groups excluding carboxylic acids is 4. The number of hydrogen-bond donors (Lipinski definition) is 9. The summed E-state index contributed by atoms with van der Waals surface area (Å²) in [6.07, 6.45) is 5.96. The molecule has 10 N–H and O–H groups in total. The third-order valence-corrected chi connectivity index (χ3v) is 24.3. The van der Waals surface area contributed by atoms with Gasteiger partial charge in [0.25, 0.3) is 17.7 Å². The molecule has 3 heterocycles. The Balaban J connectivity index is 0.000000478. The summed E-state index contributed by atoms with van der Waals surface area (Å²) in [5, 5.41) is 43.2. The number of nitrogens with two attached hydrogens (primary N) is 2. The molecule has 141 heavy (non-hydrogen) atoms. The smallest absolute Gasteiger partial charge is 1.00 e. The minimum atomic E-state index is -1.41. The van der Waals surface area contributed by atoms with Gasteiger partial charge >= 0.3 is 48.4 Å². The van der Waals surface area contributed by atoms with Crippen molar-refractivity contribution in [3.8, 4) is 29.2 Å². The normalized spacial score (nSPS) is 12.8. The molecule has 2 aliphatic carbocycles. The van der Waals surface area contributed by atoms with Crippen LogP contribution in [-0.4, -0.2) is 92.5 Å². The molecule has 2 saturated carbocycles. The van der Waals surface area contributed by atoms with E-state index in [-0.39, 0.29) is 150 Å². The van der Waals surface area contributed by atoms with Crippen LogP contribution in [0.1, 0.15) is 207 Å². The number of aryl methyl sites for hydroxylation is 3. The second kappa shape index (κ2) is 56.5. The van der Waals surface area contributed by atoms with Crippen molar-refractivity contribution in [2.45, 2.75) is 129 Å². The topological polar surface area (TPSA) is 332 Å². The van der Waals surface area contributed by atoms with Gasteiger partial charge in [-0.25, -0.2) is 54.3 Å². The first-order valence-corrected chi connectivity index (χ1v) is 46.1. The molecular weight excluding hydrogens is 1890 g/mol. The van der Waals surface area contributed by atoms with Gasteiger partial charge in [0, 0.05) is 15.7 Å². The van der Waals surface area contributed by atoms with E-state index < -0.39 is 84.5 Å². The molecule has 0 saturated heterocycles. The molecule has 16 rings (SSSR count). The second-order valence-electron chi connectivity index (χ2n) is 33.8. The zero-order valence-corrected chi connectivity index (χ0v) is 85.4. The summed E-state index contributed by atoms with van der Waals surface area (Å²) >= 11 is 3.46. The van der Waals surface area contributed by atoms with Crippen molar-refractivity contribution in [2.24, 2.45) is 17.6 Å². The van der Waals surface area contributed by atoms with Crippen LogP contribution in [0, 0.1) is 85.1 Å². The molecular formula is C106H113BCl2F4LiN17NaO6S3. The number of benzene rings is 11. The Hall–Kier alpha value is -12.1. The Labute approximate surface area is 885 Å². The first kappa shape index (κ1) is 118. The van der Waals surface area contributed by atoms with E-state index in [2.05, 4.69) is 75.6 Å². The van der Waals surface area contributed by atoms with Gasteiger partial charge in [0.1, 0.15) is 46.6 Å². The van der Waals surface area contributed by atoms with Crippen LogP contribution < -0.4 is 90.6 Å². The summed E-state index contributed by atoms with van der Waals surface area (Å²) in [5.74, 6) is -2.59. The minimum absolute atomic E-state index is 0. The predicted molar refractivity (Wildman–Crippen MR) is 557 cm³/mol. The van der Waals surface area contributed by atoms with E-state index in [9.17, 15) is 50.4 Å². The Morgan fingerprint density at radius 3 is 1.16 bits per heavy atom. The average molecular weight is 2010 g/mol. The Kier molecular flexibility index (Phi) is 47.1. The zero-order chi connectivity index (χ0) is 97.9. The zero-order valence-electron chi connectivity index (χ0n) is 82.2. The summed E-state index contributed by atoms with van der Waals surface area (Å²) in [6, 6.07) is 84.7. The van der Waals surface area contributed by atoms with Crippen molar-refractivity contribution in [1.29, 1.82) is 10.5 Å². The standard InChI is InChI=1S/C29H28FN5O2S.C29H26FN5O.C25H20FN5O.C17H21FN2OS.C4H6O.CH4S.CH4.B.2ClH.Li.Na.2H/c1-19-15-26(35(33-19)23-12-8-9-20(16-23)18-31)28(36)32-25-17-22(13-14-24(25)30)27(21-10-6-5-7-11-21)34-38(37)29(2,3)4;1-19-15-27(35(34-19)24-10-6-9-23(17-24)31-2)29(36)33-26-16-22(13-14-25(26)30)28(32-18-20-11-12-20)21-7-4-3-5-8-21;1-16-12-23(31(30-16)20-9-5-6-17(13-20)15-27)25(32)29-22-14-19(10-11-21(22)26)24(28)18-7-3-2-4-8-18;1-17(2,3)22(21)20-16(12-7-5-4-6-8-12)13-9-10-14(18)15(19)11-13;5-3-4-1-2-4;1-2;;;;;;;;/h5-17,27,34H,1-4H3,(H,32,36);3-10,13-17,20,28,32H,11-12,18H2,1H3,(H,33,36);2-14,24H,28H2,1H3,(H,29,32);4-11,16,20H,19H2,1-3H3;3-4H,1-2H2;2H,1H3;1H4;;2*1H;;;;/q;;;;;;;;;;2*+1;2*-1/t27?,38-;;;16-,22?;;;;;;;;;;/m1..1........../s1/i;;;;;1D;;;;;;;;. The molecule has 0 spiro atoms. The Morgan fingerprint density at radius 2 is 0.830 bits per heavy atom. The van der Waals surface area contributed by atoms with Crippen molar-refractivity contribution in [1.82, 2.24) is 44.1 Å². The van der Waals surface area contributed by atoms with Crippen molar-refractivity contribution < 1.29 is 97.8 Å². The van der Waals surface area contributed by atoms with Gasteiger partial charge in [-0.1, -0.05) is 177 Å². The number of rotatable bonds is 25. The van der Waals surface area contributed by atoms with Gasteiger partial charge in [-0.15, -0.1) is 24.8 Å². The van der Waals surface area contributed by atoms with Crippen LogP contribution in [0.5, 0.6) is 0 Å². The van der Waals surface area contributed by atoms with E-state index in [0.29, 0.717) is 73.9 Å².